The molecule has 2 nitrogen and oxygen atoms in total. The molecule has 2 rings (SSSR count). The smallest absolute Gasteiger partial charge is 0.148 e. The standard InChI is InChI=1S/C14H16Br2O2/c1-3-14(4-2)11(17)8-12(14)18-13-9(15)6-5-7-10(13)16/h5-7,12H,3-4,8H2,1-2H3. The molecule has 0 spiro atoms. The third-order valence-electron chi connectivity index (χ3n) is 3.98. The fraction of sp³-hybridized carbons (Fsp3) is 0.500. The van der Waals surface area contributed by atoms with E-state index in [-0.39, 0.29) is 11.5 Å². The van der Waals surface area contributed by atoms with Gasteiger partial charge in [-0.3, -0.25) is 4.79 Å². The Balaban J connectivity index is 2.23. The van der Waals surface area contributed by atoms with Crippen LogP contribution in [0.3, 0.4) is 0 Å². The van der Waals surface area contributed by atoms with Gasteiger partial charge < -0.3 is 4.74 Å². The number of para-hydroxylation sites is 1. The van der Waals surface area contributed by atoms with Crippen LogP contribution in [0, 0.1) is 5.41 Å². The van der Waals surface area contributed by atoms with Gasteiger partial charge in [-0.25, -0.2) is 0 Å². The van der Waals surface area contributed by atoms with Crippen LogP contribution in [0.4, 0.5) is 0 Å². The van der Waals surface area contributed by atoms with Gasteiger partial charge in [-0.05, 0) is 56.8 Å². The first-order valence-electron chi connectivity index (χ1n) is 6.19. The zero-order valence-electron chi connectivity index (χ0n) is 10.5. The fourth-order valence-electron chi connectivity index (χ4n) is 2.61. The summed E-state index contributed by atoms with van der Waals surface area (Å²) in [4.78, 5) is 11.9. The number of ketones is 1. The van der Waals surface area contributed by atoms with E-state index in [1.807, 2.05) is 18.2 Å². The summed E-state index contributed by atoms with van der Waals surface area (Å²) in [7, 11) is 0. The minimum Gasteiger partial charge on any atom is -0.487 e. The van der Waals surface area contributed by atoms with Crippen molar-refractivity contribution in [1.82, 2.24) is 0 Å². The highest BCUT2D eigenvalue weighted by Crippen LogP contribution is 2.47. The van der Waals surface area contributed by atoms with E-state index in [4.69, 9.17) is 4.74 Å². The van der Waals surface area contributed by atoms with E-state index < -0.39 is 0 Å². The number of rotatable bonds is 4. The van der Waals surface area contributed by atoms with Crippen molar-refractivity contribution in [1.29, 1.82) is 0 Å². The molecule has 18 heavy (non-hydrogen) atoms. The van der Waals surface area contributed by atoms with Crippen LogP contribution < -0.4 is 4.74 Å². The minimum absolute atomic E-state index is 0.00463. The number of Topliss-reactive ketones (excluding diaryl/α,β-unsaturated/α-hetero) is 1. The Bertz CT molecular complexity index is 447. The molecule has 0 amide bonds. The summed E-state index contributed by atoms with van der Waals surface area (Å²) < 4.78 is 7.89. The molecule has 1 aliphatic carbocycles. The van der Waals surface area contributed by atoms with Crippen molar-refractivity contribution in [3.63, 3.8) is 0 Å². The van der Waals surface area contributed by atoms with E-state index in [1.54, 1.807) is 0 Å². The molecule has 1 unspecified atom stereocenters. The molecule has 1 aromatic rings. The van der Waals surface area contributed by atoms with Crippen LogP contribution in [0.5, 0.6) is 5.75 Å². The molecule has 0 heterocycles. The highest BCUT2D eigenvalue weighted by atomic mass is 79.9. The third-order valence-corrected chi connectivity index (χ3v) is 5.23. The summed E-state index contributed by atoms with van der Waals surface area (Å²) in [5.74, 6) is 1.13. The molecule has 4 heteroatoms. The van der Waals surface area contributed by atoms with Gasteiger partial charge in [0, 0.05) is 6.42 Å². The van der Waals surface area contributed by atoms with Gasteiger partial charge in [0.05, 0.1) is 14.4 Å². The topological polar surface area (TPSA) is 26.3 Å². The van der Waals surface area contributed by atoms with Crippen molar-refractivity contribution in [3.8, 4) is 5.75 Å². The Morgan fingerprint density at radius 3 is 2.28 bits per heavy atom. The van der Waals surface area contributed by atoms with E-state index in [2.05, 4.69) is 45.7 Å². The predicted octanol–water partition coefficient (Wildman–Crippen LogP) is 4.74. The van der Waals surface area contributed by atoms with Crippen LogP contribution >= 0.6 is 31.9 Å². The van der Waals surface area contributed by atoms with Crippen molar-refractivity contribution in [3.05, 3.63) is 27.1 Å². The van der Waals surface area contributed by atoms with E-state index in [0.717, 1.165) is 27.5 Å². The second-order valence-corrected chi connectivity index (χ2v) is 6.36. The maximum atomic E-state index is 11.9. The lowest BCUT2D eigenvalue weighted by Crippen LogP contribution is -2.56. The molecule has 98 valence electrons. The second kappa shape index (κ2) is 5.33. The molecule has 0 radical (unpaired) electrons. The van der Waals surface area contributed by atoms with E-state index >= 15 is 0 Å². The second-order valence-electron chi connectivity index (χ2n) is 4.65. The first-order chi connectivity index (χ1) is 8.55. The van der Waals surface area contributed by atoms with Crippen LogP contribution in [0.2, 0.25) is 0 Å². The number of hydrogen-bond acceptors (Lipinski definition) is 2. The molecular formula is C14H16Br2O2. The van der Waals surface area contributed by atoms with Gasteiger partial charge in [0.15, 0.2) is 0 Å². The average molecular weight is 376 g/mol. The van der Waals surface area contributed by atoms with E-state index in [0.29, 0.717) is 12.2 Å². The van der Waals surface area contributed by atoms with Gasteiger partial charge in [-0.1, -0.05) is 19.9 Å². The molecule has 1 saturated carbocycles. The van der Waals surface area contributed by atoms with Crippen LogP contribution in [-0.4, -0.2) is 11.9 Å². The Labute approximate surface area is 124 Å². The quantitative estimate of drug-likeness (QED) is 0.759. The van der Waals surface area contributed by atoms with Crippen molar-refractivity contribution >= 4 is 37.6 Å². The van der Waals surface area contributed by atoms with Crippen LogP contribution in [0.25, 0.3) is 0 Å². The predicted molar refractivity (Wildman–Crippen MR) is 78.9 cm³/mol. The molecule has 0 N–H and O–H groups in total. The first kappa shape index (κ1) is 14.1. The van der Waals surface area contributed by atoms with E-state index in [9.17, 15) is 4.79 Å². The van der Waals surface area contributed by atoms with Gasteiger partial charge >= 0.3 is 0 Å². The SMILES string of the molecule is CCC1(CC)C(=O)CC1Oc1c(Br)cccc1Br. The molecular weight excluding hydrogens is 360 g/mol. The lowest BCUT2D eigenvalue weighted by molar-refractivity contribution is -0.153. The van der Waals surface area contributed by atoms with Crippen LogP contribution in [0.15, 0.2) is 27.1 Å². The Kier molecular flexibility index (Phi) is 4.17. The summed E-state index contributed by atoms with van der Waals surface area (Å²) in [6, 6.07) is 5.83. The molecule has 0 bridgehead atoms. The molecule has 0 saturated heterocycles. The van der Waals surface area contributed by atoms with E-state index in [1.165, 1.54) is 0 Å². The number of halogens is 2. The monoisotopic (exact) mass is 374 g/mol. The number of hydrogen-bond donors (Lipinski definition) is 0. The maximum absolute atomic E-state index is 11.9. The molecule has 1 atom stereocenters. The third kappa shape index (κ3) is 2.14. The number of carbonyl (C=O) groups excluding carboxylic acids is 1. The fourth-order valence-corrected chi connectivity index (χ4v) is 3.79. The van der Waals surface area contributed by atoms with Crippen LogP contribution in [0.1, 0.15) is 33.1 Å². The zero-order valence-corrected chi connectivity index (χ0v) is 13.7. The normalized spacial score (nSPS) is 21.6. The Hall–Kier alpha value is -0.350. The van der Waals surface area contributed by atoms with Crippen LogP contribution in [-0.2, 0) is 4.79 Å². The summed E-state index contributed by atoms with van der Waals surface area (Å²) in [6.07, 6.45) is 2.20. The Morgan fingerprint density at radius 1 is 1.28 bits per heavy atom. The molecule has 1 fully saturated rings. The zero-order chi connectivity index (χ0) is 13.3. The lowest BCUT2D eigenvalue weighted by atomic mass is 9.61. The lowest BCUT2D eigenvalue weighted by Gasteiger charge is -2.46. The number of carbonyl (C=O) groups is 1. The molecule has 1 aromatic carbocycles. The summed E-state index contributed by atoms with van der Waals surface area (Å²) in [6.45, 7) is 4.12. The van der Waals surface area contributed by atoms with Gasteiger partial charge in [-0.2, -0.15) is 0 Å². The first-order valence-corrected chi connectivity index (χ1v) is 7.77. The van der Waals surface area contributed by atoms with Gasteiger partial charge in [0.2, 0.25) is 0 Å². The number of ether oxygens (including phenoxy) is 1. The van der Waals surface area contributed by atoms with Crippen molar-refractivity contribution < 1.29 is 9.53 Å². The largest absolute Gasteiger partial charge is 0.487 e. The highest BCUT2D eigenvalue weighted by molar-refractivity contribution is 9.11. The molecule has 0 aromatic heterocycles. The molecule has 0 aliphatic heterocycles. The van der Waals surface area contributed by atoms with Gasteiger partial charge in [0.1, 0.15) is 17.6 Å². The average Bonchev–Trinajstić information content (AvgIpc) is 2.34. The number of benzene rings is 1. The summed E-state index contributed by atoms with van der Waals surface area (Å²) in [5, 5.41) is 0. The maximum Gasteiger partial charge on any atom is 0.148 e. The van der Waals surface area contributed by atoms with Gasteiger partial charge in [0.25, 0.3) is 0 Å². The molecule has 1 aliphatic rings. The van der Waals surface area contributed by atoms with Gasteiger partial charge in [-0.15, -0.1) is 0 Å². The van der Waals surface area contributed by atoms with Crippen molar-refractivity contribution in [2.75, 3.05) is 0 Å². The Morgan fingerprint density at radius 2 is 1.83 bits per heavy atom. The minimum atomic E-state index is -0.283. The van der Waals surface area contributed by atoms with Crippen molar-refractivity contribution in [2.24, 2.45) is 5.41 Å². The summed E-state index contributed by atoms with van der Waals surface area (Å²) >= 11 is 6.97. The van der Waals surface area contributed by atoms with Crippen molar-refractivity contribution in [2.45, 2.75) is 39.2 Å². The highest BCUT2D eigenvalue weighted by Gasteiger charge is 2.54. The summed E-state index contributed by atoms with van der Waals surface area (Å²) in [5.41, 5.74) is -0.283.